The zero-order chi connectivity index (χ0) is 14.5. The number of hydrogen-bond donors (Lipinski definition) is 3. The van der Waals surface area contributed by atoms with Crippen molar-refractivity contribution in [2.24, 2.45) is 5.92 Å². The lowest BCUT2D eigenvalue weighted by Gasteiger charge is -2.07. The van der Waals surface area contributed by atoms with Gasteiger partial charge in [0.05, 0.1) is 5.56 Å². The maximum Gasteiger partial charge on any atom is 0.338 e. The second-order valence-electron chi connectivity index (χ2n) is 4.53. The highest BCUT2D eigenvalue weighted by atomic mass is 16.4. The van der Waals surface area contributed by atoms with Crippen LogP contribution in [0.4, 0.5) is 0 Å². The van der Waals surface area contributed by atoms with Crippen molar-refractivity contribution >= 4 is 17.8 Å². The van der Waals surface area contributed by atoms with E-state index in [-0.39, 0.29) is 29.6 Å². The average molecular weight is 277 g/mol. The molecule has 106 valence electrons. The highest BCUT2D eigenvalue weighted by molar-refractivity contribution is 6.03. The van der Waals surface area contributed by atoms with Crippen molar-refractivity contribution in [2.45, 2.75) is 12.8 Å². The van der Waals surface area contributed by atoms with E-state index in [1.165, 1.54) is 18.3 Å². The van der Waals surface area contributed by atoms with Crippen LogP contribution in [-0.4, -0.2) is 41.0 Å². The Morgan fingerprint density at radius 1 is 1.25 bits per heavy atom. The lowest BCUT2D eigenvalue weighted by Crippen LogP contribution is -2.36. The smallest absolute Gasteiger partial charge is 0.338 e. The molecule has 1 aliphatic carbocycles. The van der Waals surface area contributed by atoms with Gasteiger partial charge in [-0.05, 0) is 25.0 Å². The van der Waals surface area contributed by atoms with Crippen LogP contribution in [0.15, 0.2) is 18.3 Å². The molecule has 3 N–H and O–H groups in total. The Kier molecular flexibility index (Phi) is 4.29. The van der Waals surface area contributed by atoms with Crippen LogP contribution in [0.25, 0.3) is 0 Å². The van der Waals surface area contributed by atoms with Crippen LogP contribution in [0.1, 0.15) is 33.7 Å². The molecule has 7 nitrogen and oxygen atoms in total. The Morgan fingerprint density at radius 3 is 2.60 bits per heavy atom. The fourth-order valence-electron chi connectivity index (χ4n) is 1.69. The molecule has 2 rings (SSSR count). The summed E-state index contributed by atoms with van der Waals surface area (Å²) < 4.78 is 0. The van der Waals surface area contributed by atoms with Crippen molar-refractivity contribution in [3.63, 3.8) is 0 Å². The molecule has 1 heterocycles. The van der Waals surface area contributed by atoms with Gasteiger partial charge in [0.1, 0.15) is 5.69 Å². The topological polar surface area (TPSA) is 108 Å². The molecule has 0 unspecified atom stereocenters. The minimum absolute atomic E-state index is 0.00306. The molecule has 20 heavy (non-hydrogen) atoms. The standard InChI is InChI=1S/C13H15N3O4/c17-11(8-3-4-8)15-6-7-16-12(18)10-9(13(19)20)2-1-5-14-10/h1-2,5,8H,3-4,6-7H2,(H,15,17)(H,16,18)(H,19,20). The van der Waals surface area contributed by atoms with Gasteiger partial charge >= 0.3 is 5.97 Å². The Morgan fingerprint density at radius 2 is 1.95 bits per heavy atom. The molecule has 0 aromatic carbocycles. The summed E-state index contributed by atoms with van der Waals surface area (Å²) in [6.07, 6.45) is 3.21. The minimum atomic E-state index is -1.20. The number of carboxylic acid groups (broad SMARTS) is 1. The molecular weight excluding hydrogens is 262 g/mol. The third-order valence-electron chi connectivity index (χ3n) is 2.91. The minimum Gasteiger partial charge on any atom is -0.478 e. The predicted octanol–water partition coefficient (Wildman–Crippen LogP) is 0.0358. The summed E-state index contributed by atoms with van der Waals surface area (Å²) >= 11 is 0. The molecule has 0 aliphatic heterocycles. The number of aromatic carboxylic acids is 1. The van der Waals surface area contributed by atoms with Crippen LogP contribution < -0.4 is 10.6 Å². The van der Waals surface area contributed by atoms with Crippen LogP contribution in [0.5, 0.6) is 0 Å². The quantitative estimate of drug-likeness (QED) is 0.636. The first-order valence-corrected chi connectivity index (χ1v) is 6.34. The Hall–Kier alpha value is -2.44. The van der Waals surface area contributed by atoms with Gasteiger partial charge in [-0.25, -0.2) is 4.79 Å². The summed E-state index contributed by atoms with van der Waals surface area (Å²) in [5.41, 5.74) is -0.277. The Bertz CT molecular complexity index is 540. The van der Waals surface area contributed by atoms with Gasteiger partial charge in [-0.1, -0.05) is 0 Å². The summed E-state index contributed by atoms with van der Waals surface area (Å²) in [5.74, 6) is -1.64. The first kappa shape index (κ1) is 14.0. The van der Waals surface area contributed by atoms with E-state index in [1.807, 2.05) is 0 Å². The van der Waals surface area contributed by atoms with E-state index in [9.17, 15) is 14.4 Å². The van der Waals surface area contributed by atoms with Gasteiger partial charge in [-0.15, -0.1) is 0 Å². The third kappa shape index (κ3) is 3.53. The van der Waals surface area contributed by atoms with Gasteiger partial charge in [0.2, 0.25) is 5.91 Å². The van der Waals surface area contributed by atoms with Gasteiger partial charge in [-0.3, -0.25) is 14.6 Å². The van der Waals surface area contributed by atoms with Crippen molar-refractivity contribution in [3.8, 4) is 0 Å². The van der Waals surface area contributed by atoms with E-state index in [1.54, 1.807) is 0 Å². The number of amides is 2. The van der Waals surface area contributed by atoms with E-state index in [4.69, 9.17) is 5.11 Å². The van der Waals surface area contributed by atoms with Crippen LogP contribution >= 0.6 is 0 Å². The van der Waals surface area contributed by atoms with Gasteiger partial charge in [0.15, 0.2) is 0 Å². The summed E-state index contributed by atoms with van der Waals surface area (Å²) in [4.78, 5) is 37.9. The molecule has 2 amide bonds. The normalized spacial score (nSPS) is 13.6. The number of hydrogen-bond acceptors (Lipinski definition) is 4. The molecule has 7 heteroatoms. The number of carbonyl (C=O) groups is 3. The molecule has 0 radical (unpaired) electrons. The molecular formula is C13H15N3O4. The van der Waals surface area contributed by atoms with E-state index in [0.29, 0.717) is 6.54 Å². The van der Waals surface area contributed by atoms with Crippen molar-refractivity contribution in [1.29, 1.82) is 0 Å². The molecule has 0 bridgehead atoms. The number of pyridine rings is 1. The highest BCUT2D eigenvalue weighted by Crippen LogP contribution is 2.28. The van der Waals surface area contributed by atoms with Gasteiger partial charge in [-0.2, -0.15) is 0 Å². The SMILES string of the molecule is O=C(O)c1cccnc1C(=O)NCCNC(=O)C1CC1. The average Bonchev–Trinajstić information content (AvgIpc) is 3.27. The van der Waals surface area contributed by atoms with E-state index >= 15 is 0 Å². The highest BCUT2D eigenvalue weighted by Gasteiger charge is 2.29. The molecule has 1 aromatic heterocycles. The van der Waals surface area contributed by atoms with Gasteiger partial charge in [0, 0.05) is 25.2 Å². The Labute approximate surface area is 115 Å². The number of nitrogens with one attached hydrogen (secondary N) is 2. The van der Waals surface area contributed by atoms with Crippen molar-refractivity contribution < 1.29 is 19.5 Å². The lowest BCUT2D eigenvalue weighted by atomic mass is 10.2. The molecule has 1 saturated carbocycles. The summed E-state index contributed by atoms with van der Waals surface area (Å²) in [6.45, 7) is 0.545. The molecule has 1 aromatic rings. The fourth-order valence-corrected chi connectivity index (χ4v) is 1.69. The number of carboxylic acids is 1. The van der Waals surface area contributed by atoms with Crippen molar-refractivity contribution in [1.82, 2.24) is 15.6 Å². The number of aromatic nitrogens is 1. The maximum absolute atomic E-state index is 11.8. The van der Waals surface area contributed by atoms with Gasteiger partial charge < -0.3 is 15.7 Å². The fraction of sp³-hybridized carbons (Fsp3) is 0.385. The number of nitrogens with zero attached hydrogens (tertiary/aromatic N) is 1. The van der Waals surface area contributed by atoms with Crippen molar-refractivity contribution in [3.05, 3.63) is 29.6 Å². The van der Waals surface area contributed by atoms with E-state index in [0.717, 1.165) is 12.8 Å². The molecule has 1 fully saturated rings. The van der Waals surface area contributed by atoms with Gasteiger partial charge in [0.25, 0.3) is 5.91 Å². The number of rotatable bonds is 6. The summed E-state index contributed by atoms with van der Waals surface area (Å²) in [6, 6.07) is 2.77. The third-order valence-corrected chi connectivity index (χ3v) is 2.91. The lowest BCUT2D eigenvalue weighted by molar-refractivity contribution is -0.122. The van der Waals surface area contributed by atoms with E-state index < -0.39 is 11.9 Å². The summed E-state index contributed by atoms with van der Waals surface area (Å²) in [5, 5.41) is 14.2. The second-order valence-corrected chi connectivity index (χ2v) is 4.53. The van der Waals surface area contributed by atoms with Crippen LogP contribution in [0, 0.1) is 5.92 Å². The zero-order valence-corrected chi connectivity index (χ0v) is 10.8. The first-order chi connectivity index (χ1) is 9.59. The zero-order valence-electron chi connectivity index (χ0n) is 10.8. The maximum atomic E-state index is 11.8. The second kappa shape index (κ2) is 6.14. The largest absolute Gasteiger partial charge is 0.478 e. The molecule has 0 atom stereocenters. The Balaban J connectivity index is 1.82. The van der Waals surface area contributed by atoms with Crippen LogP contribution in [-0.2, 0) is 4.79 Å². The summed E-state index contributed by atoms with van der Waals surface area (Å²) in [7, 11) is 0. The first-order valence-electron chi connectivity index (χ1n) is 6.34. The molecule has 0 saturated heterocycles. The van der Waals surface area contributed by atoms with Crippen LogP contribution in [0.3, 0.4) is 0 Å². The molecule has 0 spiro atoms. The molecule has 1 aliphatic rings. The van der Waals surface area contributed by atoms with E-state index in [2.05, 4.69) is 15.6 Å². The van der Waals surface area contributed by atoms with Crippen molar-refractivity contribution in [2.75, 3.05) is 13.1 Å². The van der Waals surface area contributed by atoms with Crippen LogP contribution in [0.2, 0.25) is 0 Å². The monoisotopic (exact) mass is 277 g/mol. The number of carbonyl (C=O) groups excluding carboxylic acids is 2. The predicted molar refractivity (Wildman–Crippen MR) is 69.3 cm³/mol.